The predicted molar refractivity (Wildman–Crippen MR) is 126 cm³/mol. The van der Waals surface area contributed by atoms with Gasteiger partial charge in [0.25, 0.3) is 0 Å². The lowest BCUT2D eigenvalue weighted by molar-refractivity contribution is 1.32. The Labute approximate surface area is 171 Å². The number of aromatic amines is 1. The van der Waals surface area contributed by atoms with Crippen LogP contribution in [-0.2, 0) is 0 Å². The third-order valence-electron chi connectivity index (χ3n) is 5.73. The summed E-state index contributed by atoms with van der Waals surface area (Å²) in [6, 6.07) is 20.1. The summed E-state index contributed by atoms with van der Waals surface area (Å²) in [4.78, 5) is 6.29. The highest BCUT2D eigenvalue weighted by Crippen LogP contribution is 2.48. The Balaban J connectivity index is 1.84. The van der Waals surface area contributed by atoms with Crippen LogP contribution in [0.3, 0.4) is 0 Å². The first-order valence-corrected chi connectivity index (χ1v) is 11.2. The van der Waals surface area contributed by atoms with Crippen molar-refractivity contribution in [2.24, 2.45) is 0 Å². The zero-order chi connectivity index (χ0) is 19.0. The fraction of sp³-hybridized carbons (Fsp3) is 0.120. The number of H-pyrrole nitrogens is 1. The highest BCUT2D eigenvalue weighted by molar-refractivity contribution is 7.28. The lowest BCUT2D eigenvalue weighted by Gasteiger charge is -2.13. The second kappa shape index (κ2) is 5.69. The number of benzene rings is 3. The molecule has 0 amide bonds. The van der Waals surface area contributed by atoms with Gasteiger partial charge in [0.05, 0.1) is 0 Å². The average molecular weight is 398 g/mol. The number of hydrogen-bond donors (Lipinski definition) is 1. The third kappa shape index (κ3) is 2.12. The summed E-state index contributed by atoms with van der Waals surface area (Å²) in [7, 11) is 0. The topological polar surface area (TPSA) is 15.8 Å². The number of aryl methyl sites for hydroxylation is 3. The molecule has 136 valence electrons. The number of aromatic nitrogens is 1. The maximum absolute atomic E-state index is 3.71. The van der Waals surface area contributed by atoms with E-state index in [0.717, 1.165) is 0 Å². The van der Waals surface area contributed by atoms with Crippen molar-refractivity contribution in [2.75, 3.05) is 0 Å². The van der Waals surface area contributed by atoms with Crippen molar-refractivity contribution in [3.63, 3.8) is 0 Å². The summed E-state index contributed by atoms with van der Waals surface area (Å²) in [5.74, 6) is 0. The Hall–Kier alpha value is -2.62. The Morgan fingerprint density at radius 2 is 1.36 bits per heavy atom. The first-order chi connectivity index (χ1) is 13.6. The van der Waals surface area contributed by atoms with Gasteiger partial charge >= 0.3 is 0 Å². The summed E-state index contributed by atoms with van der Waals surface area (Å²) in [5, 5.41) is 5.53. The van der Waals surface area contributed by atoms with E-state index in [9.17, 15) is 0 Å². The van der Waals surface area contributed by atoms with Gasteiger partial charge in [0.15, 0.2) is 0 Å². The van der Waals surface area contributed by atoms with Gasteiger partial charge in [0, 0.05) is 30.9 Å². The third-order valence-corrected chi connectivity index (χ3v) is 7.89. The van der Waals surface area contributed by atoms with Gasteiger partial charge in [0.1, 0.15) is 9.66 Å². The lowest BCUT2D eigenvalue weighted by atomic mass is 9.91. The van der Waals surface area contributed by atoms with Gasteiger partial charge in [-0.1, -0.05) is 48.0 Å². The number of fused-ring (bicyclic) bond motifs is 7. The van der Waals surface area contributed by atoms with E-state index >= 15 is 0 Å². The number of hydrogen-bond acceptors (Lipinski definition) is 2. The molecular weight excluding hydrogens is 378 g/mol. The van der Waals surface area contributed by atoms with Crippen LogP contribution in [0.15, 0.2) is 54.6 Å². The number of thiophene rings is 2. The van der Waals surface area contributed by atoms with Crippen molar-refractivity contribution in [3.05, 3.63) is 71.3 Å². The molecule has 0 fully saturated rings. The van der Waals surface area contributed by atoms with Crippen LogP contribution in [0.4, 0.5) is 0 Å². The van der Waals surface area contributed by atoms with Gasteiger partial charge in [-0.2, -0.15) is 0 Å². The molecule has 1 nitrogen and oxygen atoms in total. The summed E-state index contributed by atoms with van der Waals surface area (Å²) in [5.41, 5.74) is 6.77. The minimum atomic E-state index is 1.29. The highest BCUT2D eigenvalue weighted by Gasteiger charge is 2.20. The molecule has 3 aromatic carbocycles. The zero-order valence-electron chi connectivity index (χ0n) is 16.0. The summed E-state index contributed by atoms with van der Waals surface area (Å²) in [6.07, 6.45) is 0. The van der Waals surface area contributed by atoms with Gasteiger partial charge in [-0.3, -0.25) is 0 Å². The molecule has 0 saturated carbocycles. The number of nitrogens with one attached hydrogen (secondary N) is 1. The van der Waals surface area contributed by atoms with E-state index in [-0.39, 0.29) is 0 Å². The second-order valence-electron chi connectivity index (χ2n) is 7.69. The van der Waals surface area contributed by atoms with Crippen LogP contribution >= 0.6 is 22.7 Å². The molecule has 0 radical (unpaired) electrons. The average Bonchev–Trinajstić information content (AvgIpc) is 3.27. The minimum absolute atomic E-state index is 1.29. The fourth-order valence-corrected chi connectivity index (χ4v) is 7.09. The van der Waals surface area contributed by atoms with E-state index in [4.69, 9.17) is 0 Å². The lowest BCUT2D eigenvalue weighted by Crippen LogP contribution is -1.90. The molecule has 0 bridgehead atoms. The quantitative estimate of drug-likeness (QED) is 0.287. The largest absolute Gasteiger partial charge is 0.338 e. The van der Waals surface area contributed by atoms with E-state index in [1.807, 2.05) is 22.7 Å². The molecule has 1 N–H and O–H groups in total. The van der Waals surface area contributed by atoms with Crippen molar-refractivity contribution >= 4 is 63.3 Å². The molecule has 0 aliphatic carbocycles. The normalized spacial score (nSPS) is 12.1. The Morgan fingerprint density at radius 1 is 0.679 bits per heavy atom. The SMILES string of the molecule is Cc1cc(C)c(-c2cccc3sc4[nH]c5sc6ccccc6c5c4c23)c(C)c1. The second-order valence-corrected chi connectivity index (χ2v) is 9.79. The molecule has 0 unspecified atom stereocenters. The Morgan fingerprint density at radius 3 is 2.18 bits per heavy atom. The minimum Gasteiger partial charge on any atom is -0.338 e. The molecule has 3 heterocycles. The van der Waals surface area contributed by atoms with Crippen molar-refractivity contribution in [1.82, 2.24) is 4.98 Å². The van der Waals surface area contributed by atoms with Gasteiger partial charge < -0.3 is 4.98 Å². The molecule has 0 aliphatic rings. The van der Waals surface area contributed by atoms with Crippen LogP contribution in [0.25, 0.3) is 51.7 Å². The molecule has 6 aromatic rings. The van der Waals surface area contributed by atoms with E-state index in [1.165, 1.54) is 68.4 Å². The molecule has 0 saturated heterocycles. The highest BCUT2D eigenvalue weighted by atomic mass is 32.1. The monoisotopic (exact) mass is 397 g/mol. The molecule has 0 aliphatic heterocycles. The van der Waals surface area contributed by atoms with Gasteiger partial charge in [-0.15, -0.1) is 22.7 Å². The molecule has 6 rings (SSSR count). The molecule has 28 heavy (non-hydrogen) atoms. The van der Waals surface area contributed by atoms with Gasteiger partial charge in [0.2, 0.25) is 0 Å². The van der Waals surface area contributed by atoms with Crippen LogP contribution in [0.1, 0.15) is 16.7 Å². The van der Waals surface area contributed by atoms with E-state index in [0.29, 0.717) is 0 Å². The van der Waals surface area contributed by atoms with Gasteiger partial charge in [-0.05, 0) is 55.2 Å². The maximum atomic E-state index is 3.71. The fourth-order valence-electron chi connectivity index (χ4n) is 4.77. The smallest absolute Gasteiger partial charge is 0.103 e. The van der Waals surface area contributed by atoms with Crippen LogP contribution < -0.4 is 0 Å². The van der Waals surface area contributed by atoms with Crippen LogP contribution in [0, 0.1) is 20.8 Å². The first kappa shape index (κ1) is 16.3. The standard InChI is InChI=1S/C25H19NS2/c1-13-11-14(2)20(15(3)12-13)17-8-6-10-19-21(17)23-22-16-7-4-5-9-18(16)27-24(22)26-25(23)28-19/h4-12,26H,1-3H3. The molecule has 3 heteroatoms. The van der Waals surface area contributed by atoms with Gasteiger partial charge in [-0.25, -0.2) is 0 Å². The Kier molecular flexibility index (Phi) is 3.32. The summed E-state index contributed by atoms with van der Waals surface area (Å²) < 4.78 is 2.71. The van der Waals surface area contributed by atoms with Crippen molar-refractivity contribution < 1.29 is 0 Å². The summed E-state index contributed by atoms with van der Waals surface area (Å²) in [6.45, 7) is 6.66. The Bertz CT molecular complexity index is 1520. The molecule has 0 atom stereocenters. The van der Waals surface area contributed by atoms with E-state index < -0.39 is 0 Å². The van der Waals surface area contributed by atoms with E-state index in [2.05, 4.69) is 80.4 Å². The summed E-state index contributed by atoms with van der Waals surface area (Å²) >= 11 is 3.74. The first-order valence-electron chi connectivity index (χ1n) is 9.54. The molecule has 3 aromatic heterocycles. The molecular formula is C25H19NS2. The maximum Gasteiger partial charge on any atom is 0.103 e. The van der Waals surface area contributed by atoms with Crippen LogP contribution in [-0.4, -0.2) is 4.98 Å². The number of rotatable bonds is 1. The van der Waals surface area contributed by atoms with E-state index in [1.54, 1.807) is 0 Å². The molecule has 0 spiro atoms. The zero-order valence-corrected chi connectivity index (χ0v) is 17.6. The predicted octanol–water partition coefficient (Wildman–Crippen LogP) is 8.34. The van der Waals surface area contributed by atoms with Crippen molar-refractivity contribution in [1.29, 1.82) is 0 Å². The van der Waals surface area contributed by atoms with Crippen molar-refractivity contribution in [3.8, 4) is 11.1 Å². The van der Waals surface area contributed by atoms with Crippen LogP contribution in [0.2, 0.25) is 0 Å². The van der Waals surface area contributed by atoms with Crippen molar-refractivity contribution in [2.45, 2.75) is 20.8 Å². The van der Waals surface area contributed by atoms with Crippen LogP contribution in [0.5, 0.6) is 0 Å².